The van der Waals surface area contributed by atoms with E-state index in [1.54, 1.807) is 0 Å². The number of rotatable bonds is 3. The van der Waals surface area contributed by atoms with E-state index in [-0.39, 0.29) is 12.1 Å². The Morgan fingerprint density at radius 2 is 1.70 bits per heavy atom. The largest absolute Gasteiger partial charge is 0.384 e. The van der Waals surface area contributed by atoms with Crippen molar-refractivity contribution in [2.24, 2.45) is 5.73 Å². The van der Waals surface area contributed by atoms with E-state index in [1.165, 1.54) is 0 Å². The Balaban J connectivity index is 1.49. The lowest BCUT2D eigenvalue weighted by Crippen LogP contribution is -2.35. The maximum atomic E-state index is 12.1. The SMILES string of the molecule is CN1NC2C=CC=C(c3ccc(NC(=O)Nc4ccccc4)cc3)C2=C1N. The summed E-state index contributed by atoms with van der Waals surface area (Å²) in [6.07, 6.45) is 6.17. The van der Waals surface area contributed by atoms with E-state index >= 15 is 0 Å². The van der Waals surface area contributed by atoms with Gasteiger partial charge in [-0.1, -0.05) is 48.6 Å². The number of hydrazine groups is 1. The molecule has 1 atom stereocenters. The predicted octanol–water partition coefficient (Wildman–Crippen LogP) is 3.27. The number of amides is 2. The van der Waals surface area contributed by atoms with Crippen molar-refractivity contribution in [2.45, 2.75) is 6.04 Å². The number of carbonyl (C=O) groups excluding carboxylic acids is 1. The topological polar surface area (TPSA) is 82.4 Å². The van der Waals surface area contributed by atoms with Crippen LogP contribution in [0, 0.1) is 0 Å². The molecule has 0 saturated carbocycles. The molecule has 2 amide bonds. The lowest BCUT2D eigenvalue weighted by atomic mass is 9.89. The predicted molar refractivity (Wildman–Crippen MR) is 109 cm³/mol. The summed E-state index contributed by atoms with van der Waals surface area (Å²) >= 11 is 0. The molecule has 1 heterocycles. The van der Waals surface area contributed by atoms with Crippen molar-refractivity contribution in [3.8, 4) is 0 Å². The van der Waals surface area contributed by atoms with Crippen LogP contribution in [-0.2, 0) is 0 Å². The van der Waals surface area contributed by atoms with Crippen LogP contribution >= 0.6 is 0 Å². The van der Waals surface area contributed by atoms with Gasteiger partial charge in [0.05, 0.1) is 6.04 Å². The van der Waals surface area contributed by atoms with Gasteiger partial charge in [0.2, 0.25) is 0 Å². The number of benzene rings is 2. The molecule has 6 nitrogen and oxygen atoms in total. The van der Waals surface area contributed by atoms with Crippen LogP contribution in [-0.4, -0.2) is 24.1 Å². The van der Waals surface area contributed by atoms with Gasteiger partial charge in [0.15, 0.2) is 0 Å². The minimum Gasteiger partial charge on any atom is -0.384 e. The molecule has 2 aliphatic rings. The molecule has 4 rings (SSSR count). The van der Waals surface area contributed by atoms with E-state index < -0.39 is 0 Å². The maximum absolute atomic E-state index is 12.1. The molecule has 6 heteroatoms. The molecule has 1 aliphatic carbocycles. The molecular weight excluding hydrogens is 338 g/mol. The number of nitrogens with zero attached hydrogens (tertiary/aromatic N) is 1. The highest BCUT2D eigenvalue weighted by Crippen LogP contribution is 2.34. The number of allylic oxidation sites excluding steroid dienone is 2. The average Bonchev–Trinajstić information content (AvgIpc) is 2.97. The van der Waals surface area contributed by atoms with Gasteiger partial charge in [0.1, 0.15) is 5.82 Å². The molecule has 136 valence electrons. The van der Waals surface area contributed by atoms with Crippen LogP contribution in [0.3, 0.4) is 0 Å². The Labute approximate surface area is 158 Å². The van der Waals surface area contributed by atoms with Crippen molar-refractivity contribution < 1.29 is 4.79 Å². The summed E-state index contributed by atoms with van der Waals surface area (Å²) in [6.45, 7) is 0. The van der Waals surface area contributed by atoms with Crippen LogP contribution < -0.4 is 21.8 Å². The maximum Gasteiger partial charge on any atom is 0.323 e. The van der Waals surface area contributed by atoms with Crippen molar-refractivity contribution >= 4 is 23.0 Å². The first-order valence-electron chi connectivity index (χ1n) is 8.74. The third-order valence-electron chi connectivity index (χ3n) is 4.62. The normalized spacial score (nSPS) is 18.2. The molecule has 0 bridgehead atoms. The summed E-state index contributed by atoms with van der Waals surface area (Å²) in [5, 5.41) is 7.48. The van der Waals surface area contributed by atoms with Gasteiger partial charge in [-0.2, -0.15) is 0 Å². The second kappa shape index (κ2) is 7.01. The number of carbonyl (C=O) groups is 1. The van der Waals surface area contributed by atoms with Crippen molar-refractivity contribution in [1.82, 2.24) is 10.4 Å². The molecule has 2 aromatic rings. The summed E-state index contributed by atoms with van der Waals surface area (Å²) < 4.78 is 0. The van der Waals surface area contributed by atoms with E-state index in [2.05, 4.69) is 28.2 Å². The fraction of sp³-hybridized carbons (Fsp3) is 0.0952. The van der Waals surface area contributed by atoms with Crippen LogP contribution in [0.4, 0.5) is 16.2 Å². The first-order chi connectivity index (χ1) is 13.1. The molecule has 1 aliphatic heterocycles. The Bertz CT molecular complexity index is 944. The second-order valence-electron chi connectivity index (χ2n) is 6.45. The zero-order chi connectivity index (χ0) is 18.8. The van der Waals surface area contributed by atoms with Crippen LogP contribution in [0.5, 0.6) is 0 Å². The summed E-state index contributed by atoms with van der Waals surface area (Å²) in [7, 11) is 1.91. The molecule has 0 radical (unpaired) electrons. The summed E-state index contributed by atoms with van der Waals surface area (Å²) in [5.74, 6) is 0.722. The molecule has 2 aromatic carbocycles. The van der Waals surface area contributed by atoms with Gasteiger partial charge in [0.25, 0.3) is 0 Å². The van der Waals surface area contributed by atoms with E-state index in [0.29, 0.717) is 0 Å². The molecule has 0 aromatic heterocycles. The third-order valence-corrected chi connectivity index (χ3v) is 4.62. The Hall–Kier alpha value is -3.51. The van der Waals surface area contributed by atoms with Crippen molar-refractivity contribution in [3.05, 3.63) is 89.8 Å². The standard InChI is InChI=1S/C21H21N5O/c1-26-20(22)19-17(8-5-9-18(19)25-26)14-10-12-16(13-11-14)24-21(27)23-15-6-3-2-4-7-15/h2-13,18,25H,22H2,1H3,(H2,23,24,27). The molecule has 5 N–H and O–H groups in total. The smallest absolute Gasteiger partial charge is 0.323 e. The highest BCUT2D eigenvalue weighted by molar-refractivity contribution is 5.99. The Kier molecular flexibility index (Phi) is 4.40. The second-order valence-corrected chi connectivity index (χ2v) is 6.45. The first-order valence-corrected chi connectivity index (χ1v) is 8.74. The summed E-state index contributed by atoms with van der Waals surface area (Å²) in [6, 6.07) is 16.9. The number of nitrogens with two attached hydrogens (primary N) is 1. The molecule has 27 heavy (non-hydrogen) atoms. The summed E-state index contributed by atoms with van der Waals surface area (Å²) in [4.78, 5) is 12.1. The lowest BCUT2D eigenvalue weighted by molar-refractivity contribution is 0.262. The average molecular weight is 359 g/mol. The van der Waals surface area contributed by atoms with E-state index in [1.807, 2.05) is 72.7 Å². The molecule has 0 fully saturated rings. The van der Waals surface area contributed by atoms with Crippen LogP contribution in [0.15, 0.2) is 84.2 Å². The number of hydrogen-bond acceptors (Lipinski definition) is 4. The van der Waals surface area contributed by atoms with Crippen molar-refractivity contribution in [2.75, 3.05) is 17.7 Å². The van der Waals surface area contributed by atoms with Crippen LogP contribution in [0.2, 0.25) is 0 Å². The van der Waals surface area contributed by atoms with Crippen molar-refractivity contribution in [1.29, 1.82) is 0 Å². The highest BCUT2D eigenvalue weighted by atomic mass is 16.2. The molecule has 1 unspecified atom stereocenters. The first kappa shape index (κ1) is 16.9. The number of hydrogen-bond donors (Lipinski definition) is 4. The van der Waals surface area contributed by atoms with Gasteiger partial charge in [-0.15, -0.1) is 0 Å². The van der Waals surface area contributed by atoms with Gasteiger partial charge in [-0.3, -0.25) is 5.01 Å². The Morgan fingerprint density at radius 1 is 1.04 bits per heavy atom. The van der Waals surface area contributed by atoms with Gasteiger partial charge >= 0.3 is 6.03 Å². The fourth-order valence-corrected chi connectivity index (χ4v) is 3.28. The minimum absolute atomic E-state index is 0.0875. The van der Waals surface area contributed by atoms with Gasteiger partial charge in [-0.25, -0.2) is 10.2 Å². The van der Waals surface area contributed by atoms with Crippen molar-refractivity contribution in [3.63, 3.8) is 0 Å². The van der Waals surface area contributed by atoms with E-state index in [9.17, 15) is 4.79 Å². The van der Waals surface area contributed by atoms with E-state index in [4.69, 9.17) is 5.73 Å². The minimum atomic E-state index is -0.276. The number of nitrogens with one attached hydrogen (secondary N) is 3. The zero-order valence-electron chi connectivity index (χ0n) is 14.9. The molecular formula is C21H21N5O. The molecule has 0 saturated heterocycles. The number of fused-ring (bicyclic) bond motifs is 1. The van der Waals surface area contributed by atoms with Gasteiger partial charge in [-0.05, 0) is 35.4 Å². The van der Waals surface area contributed by atoms with Crippen LogP contribution in [0.25, 0.3) is 5.57 Å². The quantitative estimate of drug-likeness (QED) is 0.678. The van der Waals surface area contributed by atoms with Gasteiger partial charge < -0.3 is 16.4 Å². The highest BCUT2D eigenvalue weighted by Gasteiger charge is 2.30. The lowest BCUT2D eigenvalue weighted by Gasteiger charge is -2.18. The molecule has 0 spiro atoms. The Morgan fingerprint density at radius 3 is 2.41 bits per heavy atom. The number of para-hydroxylation sites is 1. The van der Waals surface area contributed by atoms with Crippen LogP contribution in [0.1, 0.15) is 5.56 Å². The summed E-state index contributed by atoms with van der Waals surface area (Å²) in [5.41, 5.74) is 14.2. The fourth-order valence-electron chi connectivity index (χ4n) is 3.28. The monoisotopic (exact) mass is 359 g/mol. The van der Waals surface area contributed by atoms with Gasteiger partial charge in [0, 0.05) is 24.0 Å². The third kappa shape index (κ3) is 3.43. The number of anilines is 2. The zero-order valence-corrected chi connectivity index (χ0v) is 14.9. The number of urea groups is 1. The van der Waals surface area contributed by atoms with E-state index in [0.717, 1.165) is 33.9 Å².